The Morgan fingerprint density at radius 2 is 1.65 bits per heavy atom. The number of benzene rings is 2. The summed E-state index contributed by atoms with van der Waals surface area (Å²) in [5, 5.41) is 3.50. The number of hydrogen-bond donors (Lipinski definition) is 2. The average molecular weight is 637 g/mol. The molecule has 0 aliphatic carbocycles. The summed E-state index contributed by atoms with van der Waals surface area (Å²) in [6.45, 7) is 5.30. The molecule has 13 heteroatoms. The van der Waals surface area contributed by atoms with Crippen LogP contribution in [0.2, 0.25) is 0 Å². The van der Waals surface area contributed by atoms with Crippen LogP contribution in [0.15, 0.2) is 54.6 Å². The maximum atomic E-state index is 12.1. The maximum absolute atomic E-state index is 12.1. The van der Waals surface area contributed by atoms with Gasteiger partial charge in [0.15, 0.2) is 0 Å². The van der Waals surface area contributed by atoms with Gasteiger partial charge in [-0.15, -0.1) is 0 Å². The number of nitrogens with two attached hydrogens (primary N) is 1. The smallest absolute Gasteiger partial charge is 0.409 e. The number of likely N-dealkylation sites (tertiary alicyclic amines) is 1. The number of ether oxygens (including phenoxy) is 6. The van der Waals surface area contributed by atoms with Crippen molar-refractivity contribution < 1.29 is 33.2 Å². The Morgan fingerprint density at radius 3 is 2.30 bits per heavy atom. The lowest BCUT2D eigenvalue weighted by atomic mass is 10.1. The van der Waals surface area contributed by atoms with Crippen LogP contribution < -0.4 is 20.7 Å². The monoisotopic (exact) mass is 636 g/mol. The highest BCUT2D eigenvalue weighted by atomic mass is 16.7. The van der Waals surface area contributed by atoms with Gasteiger partial charge in [0.05, 0.1) is 12.3 Å². The van der Waals surface area contributed by atoms with Gasteiger partial charge >= 0.3 is 6.09 Å². The van der Waals surface area contributed by atoms with Crippen molar-refractivity contribution in [3.8, 4) is 17.0 Å². The molecule has 46 heavy (non-hydrogen) atoms. The molecular weight excluding hydrogens is 592 g/mol. The number of carbonyl (C=O) groups is 1. The van der Waals surface area contributed by atoms with Crippen LogP contribution >= 0.6 is 0 Å². The highest BCUT2D eigenvalue weighted by Gasteiger charge is 2.35. The first-order valence-corrected chi connectivity index (χ1v) is 15.6. The molecule has 13 nitrogen and oxygen atoms in total. The average Bonchev–Trinajstić information content (AvgIpc) is 3.48. The first-order valence-electron chi connectivity index (χ1n) is 15.6. The van der Waals surface area contributed by atoms with Crippen LogP contribution in [-0.2, 0) is 30.3 Å². The Balaban J connectivity index is 1.39. The third-order valence-corrected chi connectivity index (χ3v) is 7.97. The summed E-state index contributed by atoms with van der Waals surface area (Å²) in [6, 6.07) is 18.0. The van der Waals surface area contributed by atoms with Crippen LogP contribution in [0.4, 0.5) is 22.2 Å². The highest BCUT2D eigenvalue weighted by Crippen LogP contribution is 2.36. The van der Waals surface area contributed by atoms with Crippen LogP contribution in [0.3, 0.4) is 0 Å². The molecule has 248 valence electrons. The Morgan fingerprint density at radius 1 is 0.957 bits per heavy atom. The summed E-state index contributed by atoms with van der Waals surface area (Å²) in [7, 11) is 3.20. The van der Waals surface area contributed by atoms with Gasteiger partial charge in [-0.3, -0.25) is 0 Å². The molecule has 2 saturated heterocycles. The molecule has 0 bridgehead atoms. The Kier molecular flexibility index (Phi) is 11.8. The van der Waals surface area contributed by atoms with Crippen molar-refractivity contribution in [3.63, 3.8) is 0 Å². The Labute approximate surface area is 269 Å². The van der Waals surface area contributed by atoms with E-state index in [1.165, 1.54) is 0 Å². The van der Waals surface area contributed by atoms with Crippen LogP contribution in [0.25, 0.3) is 11.3 Å². The number of nitrogen functional groups attached to an aromatic ring is 1. The zero-order valence-electron chi connectivity index (χ0n) is 26.7. The van der Waals surface area contributed by atoms with E-state index in [2.05, 4.69) is 26.3 Å². The first-order chi connectivity index (χ1) is 22.5. The Hall–Kier alpha value is -4.17. The summed E-state index contributed by atoms with van der Waals surface area (Å²) in [6.07, 6.45) is 0.837. The molecule has 3 aromatic rings. The third-order valence-electron chi connectivity index (χ3n) is 7.97. The lowest BCUT2D eigenvalue weighted by Gasteiger charge is -2.31. The van der Waals surface area contributed by atoms with Crippen molar-refractivity contribution in [2.24, 2.45) is 0 Å². The lowest BCUT2D eigenvalue weighted by Crippen LogP contribution is -2.42. The second-order valence-corrected chi connectivity index (χ2v) is 11.2. The van der Waals surface area contributed by atoms with Crippen molar-refractivity contribution in [2.45, 2.75) is 44.6 Å². The lowest BCUT2D eigenvalue weighted by molar-refractivity contribution is -0.139. The number of piperidine rings is 1. The molecule has 1 aromatic heterocycles. The number of anilines is 3. The molecule has 1 amide bonds. The summed E-state index contributed by atoms with van der Waals surface area (Å²) in [4.78, 5) is 25.2. The van der Waals surface area contributed by atoms with E-state index in [0.29, 0.717) is 56.7 Å². The SMILES string of the molecule is CCOC(=O)N1CCC(Nc2cc(-c3cc(N4C[C@H](OCOC)[C@@H](OCOC)C4)ccc3OCc3ccccc3)nc(N)n2)CC1. The van der Waals surface area contributed by atoms with Gasteiger partial charge in [0.1, 0.15) is 44.0 Å². The third kappa shape index (κ3) is 8.75. The van der Waals surface area contributed by atoms with Gasteiger partial charge in [-0.25, -0.2) is 9.78 Å². The number of hydrogen-bond acceptors (Lipinski definition) is 12. The van der Waals surface area contributed by atoms with Crippen molar-refractivity contribution >= 4 is 23.5 Å². The van der Waals surface area contributed by atoms with E-state index in [4.69, 9.17) is 34.2 Å². The largest absolute Gasteiger partial charge is 0.488 e. The van der Waals surface area contributed by atoms with Gasteiger partial charge in [0, 0.05) is 63.8 Å². The van der Waals surface area contributed by atoms with Crippen molar-refractivity contribution in [2.75, 3.05) is 76.5 Å². The molecule has 0 unspecified atom stereocenters. The molecule has 0 saturated carbocycles. The molecule has 3 heterocycles. The zero-order chi connectivity index (χ0) is 32.3. The highest BCUT2D eigenvalue weighted by molar-refractivity contribution is 5.75. The Bertz CT molecular complexity index is 1390. The summed E-state index contributed by atoms with van der Waals surface area (Å²) < 4.78 is 33.7. The second kappa shape index (κ2) is 16.4. The van der Waals surface area contributed by atoms with Gasteiger partial charge in [0.25, 0.3) is 0 Å². The summed E-state index contributed by atoms with van der Waals surface area (Å²) >= 11 is 0. The molecule has 0 spiro atoms. The van der Waals surface area contributed by atoms with Crippen molar-refractivity contribution in [1.29, 1.82) is 0 Å². The second-order valence-electron chi connectivity index (χ2n) is 11.2. The topological polar surface area (TPSA) is 143 Å². The number of aromatic nitrogens is 2. The van der Waals surface area contributed by atoms with Crippen molar-refractivity contribution in [3.05, 3.63) is 60.2 Å². The summed E-state index contributed by atoms with van der Waals surface area (Å²) in [5.41, 5.74) is 9.67. The molecule has 0 radical (unpaired) electrons. The van der Waals surface area contributed by atoms with Gasteiger partial charge in [0.2, 0.25) is 5.95 Å². The molecule has 2 aliphatic heterocycles. The van der Waals surface area contributed by atoms with Crippen molar-refractivity contribution in [1.82, 2.24) is 14.9 Å². The summed E-state index contributed by atoms with van der Waals surface area (Å²) in [5.74, 6) is 1.42. The van der Waals surface area contributed by atoms with Crippen LogP contribution in [0.1, 0.15) is 25.3 Å². The van der Waals surface area contributed by atoms with Crippen LogP contribution in [0, 0.1) is 0 Å². The van der Waals surface area contributed by atoms with E-state index in [9.17, 15) is 4.79 Å². The number of methoxy groups -OCH3 is 2. The quantitative estimate of drug-likeness (QED) is 0.246. The number of amides is 1. The predicted molar refractivity (Wildman–Crippen MR) is 174 cm³/mol. The maximum Gasteiger partial charge on any atom is 0.409 e. The van der Waals surface area contributed by atoms with Gasteiger partial charge in [-0.05, 0) is 43.5 Å². The van der Waals surface area contributed by atoms with E-state index in [1.54, 1.807) is 19.1 Å². The van der Waals surface area contributed by atoms with E-state index >= 15 is 0 Å². The number of nitrogens with zero attached hydrogens (tertiary/aromatic N) is 4. The minimum atomic E-state index is -0.274. The number of nitrogens with one attached hydrogen (secondary N) is 1. The molecule has 5 rings (SSSR count). The number of rotatable bonds is 14. The van der Waals surface area contributed by atoms with Gasteiger partial charge in [-0.2, -0.15) is 4.98 Å². The molecule has 2 fully saturated rings. The molecule has 2 atom stereocenters. The zero-order valence-corrected chi connectivity index (χ0v) is 26.7. The van der Waals surface area contributed by atoms with E-state index in [0.717, 1.165) is 29.7 Å². The predicted octanol–water partition coefficient (Wildman–Crippen LogP) is 4.14. The minimum Gasteiger partial charge on any atom is -0.488 e. The van der Waals surface area contributed by atoms with Gasteiger partial charge in [-0.1, -0.05) is 30.3 Å². The fraction of sp³-hybridized carbons (Fsp3) is 0.485. The normalized spacial score (nSPS) is 18.5. The number of carbonyl (C=O) groups excluding carboxylic acids is 1. The molecular formula is C33H44N6O7. The van der Waals surface area contributed by atoms with E-state index in [1.807, 2.05) is 55.5 Å². The van der Waals surface area contributed by atoms with E-state index in [-0.39, 0.29) is 43.9 Å². The molecule has 3 N–H and O–H groups in total. The first kappa shape index (κ1) is 33.2. The van der Waals surface area contributed by atoms with Crippen LogP contribution in [0.5, 0.6) is 5.75 Å². The van der Waals surface area contributed by atoms with E-state index < -0.39 is 0 Å². The fourth-order valence-corrected chi connectivity index (χ4v) is 5.67. The van der Waals surface area contributed by atoms with Crippen LogP contribution in [-0.4, -0.2) is 99.8 Å². The minimum absolute atomic E-state index is 0.116. The molecule has 2 aromatic carbocycles. The molecule has 2 aliphatic rings. The van der Waals surface area contributed by atoms with Gasteiger partial charge < -0.3 is 49.3 Å². The standard InChI is InChI=1S/C33H44N6O7/c1-4-43-33(40)38-14-12-24(13-15-38)35-31-17-27(36-32(34)37-31)26-16-25(10-11-28(26)44-20-23-8-6-5-7-9-23)39-18-29(45-21-41-2)30(19-39)46-22-42-3/h5-11,16-17,24,29-30H,4,12-15,18-22H2,1-3H3,(H3,34,35,36,37)/t29-,30-/m0/s1. The fourth-order valence-electron chi connectivity index (χ4n) is 5.67.